The molecule has 4 N–H and O–H groups in total. The third-order valence-electron chi connectivity index (χ3n) is 2.09. The molecule has 0 saturated heterocycles. The lowest BCUT2D eigenvalue weighted by molar-refractivity contribution is -0.0603. The summed E-state index contributed by atoms with van der Waals surface area (Å²) in [7, 11) is 0. The summed E-state index contributed by atoms with van der Waals surface area (Å²) >= 11 is 0. The second-order valence-corrected chi connectivity index (χ2v) is 3.30. The van der Waals surface area contributed by atoms with Gasteiger partial charge in [-0.05, 0) is 0 Å². The molecule has 74 valence electrons. The molecule has 0 unspecified atom stereocenters. The minimum atomic E-state index is -0.975. The molecule has 4 heteroatoms. The fourth-order valence-electron chi connectivity index (χ4n) is 0.889. The Balaban J connectivity index is 3.99. The Morgan fingerprint density at radius 2 is 1.08 bits per heavy atom. The van der Waals surface area contributed by atoms with E-state index < -0.39 is 12.2 Å². The fourth-order valence-corrected chi connectivity index (χ4v) is 0.889. The fraction of sp³-hybridized carbons (Fsp3) is 1.00. The van der Waals surface area contributed by atoms with E-state index in [4.69, 9.17) is 10.2 Å². The number of hydrogen-bond acceptors (Lipinski definition) is 4. The Morgan fingerprint density at radius 1 is 0.833 bits per heavy atom. The van der Waals surface area contributed by atoms with E-state index in [-0.39, 0.29) is 25.0 Å². The van der Waals surface area contributed by atoms with Crippen LogP contribution in [0.1, 0.15) is 13.8 Å². The van der Waals surface area contributed by atoms with E-state index in [1.165, 1.54) is 0 Å². The average Bonchev–Trinajstić information content (AvgIpc) is 2.12. The van der Waals surface area contributed by atoms with Crippen molar-refractivity contribution in [3.05, 3.63) is 0 Å². The van der Waals surface area contributed by atoms with E-state index in [1.54, 1.807) is 13.8 Å². The summed E-state index contributed by atoms with van der Waals surface area (Å²) in [5, 5.41) is 36.1. The van der Waals surface area contributed by atoms with Crippen LogP contribution in [0.3, 0.4) is 0 Å². The lowest BCUT2D eigenvalue weighted by Gasteiger charge is -2.25. The van der Waals surface area contributed by atoms with Gasteiger partial charge in [-0.3, -0.25) is 0 Å². The third-order valence-corrected chi connectivity index (χ3v) is 2.09. The summed E-state index contributed by atoms with van der Waals surface area (Å²) in [5.74, 6) is -0.733. The normalized spacial score (nSPS) is 21.5. The minimum Gasteiger partial charge on any atom is -0.396 e. The number of rotatable bonds is 5. The first-order valence-electron chi connectivity index (χ1n) is 4.12. The van der Waals surface area contributed by atoms with Gasteiger partial charge in [-0.25, -0.2) is 0 Å². The van der Waals surface area contributed by atoms with Crippen molar-refractivity contribution in [2.45, 2.75) is 26.1 Å². The smallest absolute Gasteiger partial charge is 0.0849 e. The second-order valence-electron chi connectivity index (χ2n) is 3.30. The first-order valence-corrected chi connectivity index (χ1v) is 4.12. The van der Waals surface area contributed by atoms with Crippen LogP contribution in [0, 0.1) is 11.8 Å². The molecule has 0 aliphatic rings. The zero-order chi connectivity index (χ0) is 9.72. The molecule has 0 radical (unpaired) electrons. The second kappa shape index (κ2) is 5.48. The van der Waals surface area contributed by atoms with Crippen molar-refractivity contribution in [3.63, 3.8) is 0 Å². The maximum Gasteiger partial charge on any atom is 0.0849 e. The van der Waals surface area contributed by atoms with Crippen molar-refractivity contribution in [1.82, 2.24) is 0 Å². The molecule has 0 amide bonds. The highest BCUT2D eigenvalue weighted by Crippen LogP contribution is 2.13. The molecule has 4 atom stereocenters. The van der Waals surface area contributed by atoms with Crippen LogP contribution >= 0.6 is 0 Å². The van der Waals surface area contributed by atoms with Crippen LogP contribution < -0.4 is 0 Å². The van der Waals surface area contributed by atoms with Gasteiger partial charge in [0.2, 0.25) is 0 Å². The predicted octanol–water partition coefficient (Wildman–Crippen LogP) is -1.04. The van der Waals surface area contributed by atoms with Crippen LogP contribution in [-0.4, -0.2) is 45.8 Å². The first kappa shape index (κ1) is 11.8. The monoisotopic (exact) mass is 178 g/mol. The van der Waals surface area contributed by atoms with Gasteiger partial charge >= 0.3 is 0 Å². The summed E-state index contributed by atoms with van der Waals surface area (Å²) < 4.78 is 0. The molecule has 4 nitrogen and oxygen atoms in total. The molecule has 0 aliphatic heterocycles. The van der Waals surface area contributed by atoms with E-state index in [0.717, 1.165) is 0 Å². The van der Waals surface area contributed by atoms with Crippen LogP contribution in [0.5, 0.6) is 0 Å². The van der Waals surface area contributed by atoms with E-state index >= 15 is 0 Å². The highest BCUT2D eigenvalue weighted by molar-refractivity contribution is 4.76. The summed E-state index contributed by atoms with van der Waals surface area (Å²) in [6, 6.07) is 0. The summed E-state index contributed by atoms with van der Waals surface area (Å²) in [6.07, 6.45) is -1.95. The van der Waals surface area contributed by atoms with E-state index in [9.17, 15) is 10.2 Å². The average molecular weight is 178 g/mol. The standard InChI is InChI=1S/C8H18O4/c1-5(3-9)7(11)8(12)6(2)4-10/h5-12H,3-4H2,1-2H3/t5-,6-,7+,8+/m1/s1. The molecule has 0 bridgehead atoms. The molecule has 0 heterocycles. The van der Waals surface area contributed by atoms with Crippen molar-refractivity contribution in [2.24, 2.45) is 11.8 Å². The van der Waals surface area contributed by atoms with Crippen molar-refractivity contribution >= 4 is 0 Å². The topological polar surface area (TPSA) is 80.9 Å². The van der Waals surface area contributed by atoms with Crippen LogP contribution in [-0.2, 0) is 0 Å². The maximum absolute atomic E-state index is 9.37. The molecular formula is C8H18O4. The Labute approximate surface area is 72.5 Å². The predicted molar refractivity (Wildman–Crippen MR) is 44.5 cm³/mol. The molecule has 12 heavy (non-hydrogen) atoms. The Kier molecular flexibility index (Phi) is 5.41. The van der Waals surface area contributed by atoms with Gasteiger partial charge in [-0.1, -0.05) is 13.8 Å². The number of hydrogen-bond donors (Lipinski definition) is 4. The zero-order valence-corrected chi connectivity index (χ0v) is 7.51. The van der Waals surface area contributed by atoms with Crippen LogP contribution in [0.2, 0.25) is 0 Å². The Hall–Kier alpha value is -0.160. The molecule has 0 aromatic heterocycles. The lowest BCUT2D eigenvalue weighted by Crippen LogP contribution is -2.39. The van der Waals surface area contributed by atoms with Gasteiger partial charge in [0.25, 0.3) is 0 Å². The summed E-state index contributed by atoms with van der Waals surface area (Å²) in [4.78, 5) is 0. The number of aliphatic hydroxyl groups excluding tert-OH is 4. The van der Waals surface area contributed by atoms with Crippen molar-refractivity contribution in [3.8, 4) is 0 Å². The van der Waals surface area contributed by atoms with Gasteiger partial charge in [0.15, 0.2) is 0 Å². The molecular weight excluding hydrogens is 160 g/mol. The Bertz CT molecular complexity index is 104. The van der Waals surface area contributed by atoms with Crippen LogP contribution in [0.25, 0.3) is 0 Å². The van der Waals surface area contributed by atoms with Crippen molar-refractivity contribution < 1.29 is 20.4 Å². The summed E-state index contributed by atoms with van der Waals surface area (Å²) in [6.45, 7) is 2.93. The van der Waals surface area contributed by atoms with Gasteiger partial charge in [-0.2, -0.15) is 0 Å². The van der Waals surface area contributed by atoms with Crippen molar-refractivity contribution in [1.29, 1.82) is 0 Å². The highest BCUT2D eigenvalue weighted by atomic mass is 16.3. The zero-order valence-electron chi connectivity index (χ0n) is 7.51. The van der Waals surface area contributed by atoms with Gasteiger partial charge in [-0.15, -0.1) is 0 Å². The minimum absolute atomic E-state index is 0.170. The molecule has 0 aliphatic carbocycles. The van der Waals surface area contributed by atoms with E-state index in [2.05, 4.69) is 0 Å². The number of aliphatic hydroxyl groups is 4. The highest BCUT2D eigenvalue weighted by Gasteiger charge is 2.26. The molecule has 0 aromatic carbocycles. The molecule has 0 saturated carbocycles. The first-order chi connectivity index (χ1) is 5.54. The van der Waals surface area contributed by atoms with Gasteiger partial charge in [0, 0.05) is 25.0 Å². The largest absolute Gasteiger partial charge is 0.396 e. The van der Waals surface area contributed by atoms with Gasteiger partial charge in [0.1, 0.15) is 0 Å². The van der Waals surface area contributed by atoms with E-state index in [1.807, 2.05) is 0 Å². The SMILES string of the molecule is C[C@H](CO)[C@H](O)[C@@H](O)[C@H](C)CO. The molecule has 0 fully saturated rings. The summed E-state index contributed by atoms with van der Waals surface area (Å²) in [5.41, 5.74) is 0. The quantitative estimate of drug-likeness (QED) is 0.434. The molecule has 0 aromatic rings. The Morgan fingerprint density at radius 3 is 1.25 bits per heavy atom. The van der Waals surface area contributed by atoms with Crippen molar-refractivity contribution in [2.75, 3.05) is 13.2 Å². The molecule has 0 rings (SSSR count). The molecule has 0 spiro atoms. The lowest BCUT2D eigenvalue weighted by atomic mass is 9.93. The third kappa shape index (κ3) is 3.06. The maximum atomic E-state index is 9.37. The van der Waals surface area contributed by atoms with E-state index in [0.29, 0.717) is 0 Å². The van der Waals surface area contributed by atoms with Gasteiger partial charge in [0.05, 0.1) is 12.2 Å². The van der Waals surface area contributed by atoms with Gasteiger partial charge < -0.3 is 20.4 Å². The van der Waals surface area contributed by atoms with Crippen LogP contribution in [0.4, 0.5) is 0 Å². The van der Waals surface area contributed by atoms with Crippen LogP contribution in [0.15, 0.2) is 0 Å².